The number of aromatic hydroxyl groups is 1. The van der Waals surface area contributed by atoms with Crippen LogP contribution >= 0.6 is 0 Å². The minimum absolute atomic E-state index is 0. The Kier molecular flexibility index (Phi) is 14.8. The van der Waals surface area contributed by atoms with Gasteiger partial charge in [0.15, 0.2) is 23.0 Å². The van der Waals surface area contributed by atoms with Crippen LogP contribution in [0.4, 0.5) is 0 Å². The fourth-order valence-electron chi connectivity index (χ4n) is 6.37. The number of fused-ring (bicyclic) bond motifs is 2. The Morgan fingerprint density at radius 3 is 1.63 bits per heavy atom. The summed E-state index contributed by atoms with van der Waals surface area (Å²) in [4.78, 5) is 47.3. The predicted molar refractivity (Wildman–Crippen MR) is 230 cm³/mol. The van der Waals surface area contributed by atoms with Crippen LogP contribution in [0.2, 0.25) is 0 Å². The summed E-state index contributed by atoms with van der Waals surface area (Å²) in [7, 11) is 3.01. The van der Waals surface area contributed by atoms with Gasteiger partial charge in [0, 0.05) is 18.1 Å². The largest absolute Gasteiger partial charge is 1.00 e. The average Bonchev–Trinajstić information content (AvgIpc) is 3.26. The number of esters is 1. The number of para-hydroxylation sites is 5. The van der Waals surface area contributed by atoms with Crippen LogP contribution in [0.5, 0.6) is 23.0 Å². The van der Waals surface area contributed by atoms with E-state index < -0.39 is 5.97 Å². The fourth-order valence-corrected chi connectivity index (χ4v) is 6.37. The molecule has 292 valence electrons. The molecule has 0 aliphatic carbocycles. The Bertz CT molecular complexity index is 2980. The number of carbonyl (C=O) groups is 1. The smallest absolute Gasteiger partial charge is 0.504 e. The van der Waals surface area contributed by atoms with Crippen LogP contribution < -0.4 is 94.2 Å². The number of hydrogen-bond donors (Lipinski definition) is 1. The molecular formula is C48H37CsN4O7. The van der Waals surface area contributed by atoms with E-state index >= 15 is 0 Å². The first-order chi connectivity index (χ1) is 28.8. The van der Waals surface area contributed by atoms with Gasteiger partial charge in [0.2, 0.25) is 0 Å². The number of ether oxygens (including phenoxy) is 3. The number of carbonyl (C=O) groups excluding carboxylic acids is 1. The molecule has 0 unspecified atom stereocenters. The SMILES string of the molecule is COc1cccc(/C=C/c2nc3ccccc3c(=O)n2-c2cc[c-]cc2)c1O.COc1cccc(/C=C/c2nc3ccccc3c(=O)n2-c2ccccc2)c1OC(C)=O.[Cs+]. The summed E-state index contributed by atoms with van der Waals surface area (Å²) < 4.78 is 18.9. The van der Waals surface area contributed by atoms with E-state index in [1.807, 2.05) is 54.6 Å². The maximum Gasteiger partial charge on any atom is 1.00 e. The second kappa shape index (κ2) is 20.3. The molecule has 60 heavy (non-hydrogen) atoms. The third-order valence-corrected chi connectivity index (χ3v) is 9.13. The van der Waals surface area contributed by atoms with Gasteiger partial charge < -0.3 is 19.3 Å². The number of hydrogen-bond acceptors (Lipinski definition) is 9. The summed E-state index contributed by atoms with van der Waals surface area (Å²) in [6.45, 7) is 1.33. The van der Waals surface area contributed by atoms with Gasteiger partial charge in [-0.25, -0.2) is 9.97 Å². The number of rotatable bonds is 9. The van der Waals surface area contributed by atoms with Gasteiger partial charge in [0.05, 0.1) is 41.7 Å². The molecule has 2 heterocycles. The molecule has 0 saturated carbocycles. The number of methoxy groups -OCH3 is 2. The van der Waals surface area contributed by atoms with Gasteiger partial charge in [0.1, 0.15) is 11.6 Å². The molecule has 0 aliphatic rings. The van der Waals surface area contributed by atoms with E-state index in [-0.39, 0.29) is 85.8 Å². The van der Waals surface area contributed by atoms with Crippen LogP contribution in [0.1, 0.15) is 29.7 Å². The first kappa shape index (κ1) is 43.6. The van der Waals surface area contributed by atoms with Crippen molar-refractivity contribution >= 4 is 52.1 Å². The number of phenols is 1. The average molecular weight is 915 g/mol. The molecule has 0 bridgehead atoms. The summed E-state index contributed by atoms with van der Waals surface area (Å²) in [5.74, 6) is 1.61. The maximum atomic E-state index is 13.3. The third kappa shape index (κ3) is 9.71. The Hall–Kier alpha value is -6.00. The van der Waals surface area contributed by atoms with E-state index in [1.54, 1.807) is 118 Å². The second-order valence-electron chi connectivity index (χ2n) is 12.9. The maximum absolute atomic E-state index is 13.3. The van der Waals surface area contributed by atoms with Crippen LogP contribution in [0.15, 0.2) is 149 Å². The van der Waals surface area contributed by atoms with Crippen molar-refractivity contribution < 1.29 is 93.0 Å². The zero-order valence-corrected chi connectivity index (χ0v) is 39.6. The predicted octanol–water partition coefficient (Wildman–Crippen LogP) is 5.56. The molecule has 8 aromatic rings. The van der Waals surface area contributed by atoms with Crippen LogP contribution in [-0.4, -0.2) is 44.4 Å². The van der Waals surface area contributed by atoms with E-state index in [9.17, 15) is 19.5 Å². The molecule has 0 atom stereocenters. The first-order valence-electron chi connectivity index (χ1n) is 18.4. The Labute approximate surface area is 404 Å². The van der Waals surface area contributed by atoms with Crippen molar-refractivity contribution in [3.63, 3.8) is 0 Å². The van der Waals surface area contributed by atoms with Crippen LogP contribution in [-0.2, 0) is 4.79 Å². The van der Waals surface area contributed by atoms with Crippen molar-refractivity contribution in [1.82, 2.24) is 19.1 Å². The van der Waals surface area contributed by atoms with Gasteiger partial charge in [-0.3, -0.25) is 23.5 Å². The fraction of sp³-hybridized carbons (Fsp3) is 0.0625. The van der Waals surface area contributed by atoms with Gasteiger partial charge in [-0.2, -0.15) is 18.2 Å². The van der Waals surface area contributed by atoms with Crippen LogP contribution in [0, 0.1) is 6.07 Å². The molecule has 1 N–H and O–H groups in total. The van der Waals surface area contributed by atoms with Crippen molar-refractivity contribution in [3.8, 4) is 34.4 Å². The Morgan fingerprint density at radius 1 is 0.600 bits per heavy atom. The minimum Gasteiger partial charge on any atom is -0.504 e. The topological polar surface area (TPSA) is 135 Å². The Morgan fingerprint density at radius 2 is 1.08 bits per heavy atom. The van der Waals surface area contributed by atoms with Crippen LogP contribution in [0.25, 0.3) is 57.5 Å². The van der Waals surface area contributed by atoms with Gasteiger partial charge in [-0.15, -0.1) is 12.1 Å². The molecule has 11 nitrogen and oxygen atoms in total. The monoisotopic (exact) mass is 914 g/mol. The molecule has 0 fully saturated rings. The molecule has 8 rings (SSSR count). The molecule has 0 spiro atoms. The van der Waals surface area contributed by atoms with Gasteiger partial charge in [-0.05, 0) is 72.8 Å². The van der Waals surface area contributed by atoms with E-state index in [0.29, 0.717) is 73.2 Å². The molecular weight excluding hydrogens is 877 g/mol. The van der Waals surface area contributed by atoms with Gasteiger partial charge >= 0.3 is 74.9 Å². The third-order valence-electron chi connectivity index (χ3n) is 9.13. The van der Waals surface area contributed by atoms with Crippen molar-refractivity contribution in [3.05, 3.63) is 189 Å². The van der Waals surface area contributed by atoms with Crippen molar-refractivity contribution in [2.24, 2.45) is 0 Å². The molecule has 0 amide bonds. The summed E-state index contributed by atoms with van der Waals surface area (Å²) in [5.41, 5.74) is 3.47. The summed E-state index contributed by atoms with van der Waals surface area (Å²) >= 11 is 0. The number of phenolic OH excluding ortho intramolecular Hbond substituents is 1. The first-order valence-corrected chi connectivity index (χ1v) is 18.4. The van der Waals surface area contributed by atoms with E-state index in [0.717, 1.165) is 0 Å². The molecule has 0 aliphatic heterocycles. The molecule has 12 heteroatoms. The number of benzene rings is 6. The van der Waals surface area contributed by atoms with Crippen molar-refractivity contribution in [1.29, 1.82) is 0 Å². The van der Waals surface area contributed by atoms with E-state index in [4.69, 9.17) is 19.2 Å². The zero-order valence-electron chi connectivity index (χ0n) is 33.3. The second-order valence-corrected chi connectivity index (χ2v) is 12.9. The molecule has 0 radical (unpaired) electrons. The van der Waals surface area contributed by atoms with E-state index in [2.05, 4.69) is 11.1 Å². The Balaban J connectivity index is 0.000000199. The quantitative estimate of drug-likeness (QED) is 0.112. The van der Waals surface area contributed by atoms with Gasteiger partial charge in [0.25, 0.3) is 11.1 Å². The van der Waals surface area contributed by atoms with Crippen molar-refractivity contribution in [2.45, 2.75) is 6.92 Å². The normalized spacial score (nSPS) is 10.9. The number of aromatic nitrogens is 4. The van der Waals surface area contributed by atoms with Crippen molar-refractivity contribution in [2.75, 3.05) is 14.2 Å². The van der Waals surface area contributed by atoms with Crippen LogP contribution in [0.3, 0.4) is 0 Å². The summed E-state index contributed by atoms with van der Waals surface area (Å²) in [6, 6.07) is 44.4. The summed E-state index contributed by atoms with van der Waals surface area (Å²) in [6.07, 6.45) is 6.89. The molecule has 6 aromatic carbocycles. The number of nitrogens with zero attached hydrogens (tertiary/aromatic N) is 4. The zero-order chi connectivity index (χ0) is 41.3. The molecule has 2 aromatic heterocycles. The standard InChI is InChI=1S/C25H20N2O4.C23H17N2O3.Cs/c1-17(28)31-24-18(9-8-14-22(24)30-2)15-16-23-26-21-13-7-6-12-20(21)25(29)27(23)19-10-4-3-5-11-19;1-28-20-13-7-8-16(22(20)26)14-15-21-24-19-12-6-5-11-18(19)23(27)25(21)17-9-3-2-4-10-17;/h3-16H,1-2H3;3-15,26H,1H3;/q;-1;+1/b16-15+;15-14+;. The molecule has 0 saturated heterocycles. The van der Waals surface area contributed by atoms with Gasteiger partial charge in [-0.1, -0.05) is 72.4 Å². The van der Waals surface area contributed by atoms with E-state index in [1.165, 1.54) is 21.1 Å². The summed E-state index contributed by atoms with van der Waals surface area (Å²) in [5, 5.41) is 11.4. The minimum atomic E-state index is -0.454.